The van der Waals surface area contributed by atoms with Crippen LogP contribution < -0.4 is 10.6 Å². The lowest BCUT2D eigenvalue weighted by atomic mass is 9.97. The fourth-order valence-corrected chi connectivity index (χ4v) is 3.47. The Balaban J connectivity index is 1.57. The normalized spacial score (nSPS) is 14.1. The fourth-order valence-electron chi connectivity index (χ4n) is 3.47. The van der Waals surface area contributed by atoms with Gasteiger partial charge in [-0.25, -0.2) is 8.78 Å². The van der Waals surface area contributed by atoms with Crippen LogP contribution in [0.15, 0.2) is 48.5 Å². The van der Waals surface area contributed by atoms with E-state index < -0.39 is 47.3 Å². The summed E-state index contributed by atoms with van der Waals surface area (Å²) in [6.45, 7) is 3.10. The van der Waals surface area contributed by atoms with Gasteiger partial charge in [-0.3, -0.25) is 14.7 Å². The predicted molar refractivity (Wildman–Crippen MR) is 120 cm³/mol. The van der Waals surface area contributed by atoms with Gasteiger partial charge in [0.15, 0.2) is 6.10 Å². The van der Waals surface area contributed by atoms with Crippen LogP contribution >= 0.6 is 0 Å². The number of halogens is 5. The number of anilines is 1. The summed E-state index contributed by atoms with van der Waals surface area (Å²) in [6.07, 6.45) is -6.08. The van der Waals surface area contributed by atoms with Crippen molar-refractivity contribution in [2.75, 3.05) is 5.32 Å². The number of hydrogen-bond donors (Lipinski definition) is 4. The number of aromatic nitrogens is 2. The zero-order valence-electron chi connectivity index (χ0n) is 19.2. The molecule has 0 aliphatic carbocycles. The van der Waals surface area contributed by atoms with E-state index in [-0.39, 0.29) is 23.7 Å². The van der Waals surface area contributed by atoms with Crippen LogP contribution in [0.2, 0.25) is 0 Å². The second kappa shape index (κ2) is 10.9. The highest BCUT2D eigenvalue weighted by atomic mass is 19.4. The van der Waals surface area contributed by atoms with Gasteiger partial charge >= 0.3 is 6.18 Å². The molecule has 3 atom stereocenters. The Bertz CT molecular complexity index is 1220. The van der Waals surface area contributed by atoms with E-state index in [1.165, 1.54) is 19.1 Å². The summed E-state index contributed by atoms with van der Waals surface area (Å²) < 4.78 is 65.5. The SMILES string of the molecule is CC(NC(=O)C(O)c1cc(F)cc(F)c1)C(=O)Nc1cc(C(C)Cc2cccc(C(F)(F)F)c2)n[nH]1. The standard InChI is InChI=1S/C24H23F5N4O3/c1-12(6-14-4-3-5-16(7-14)24(27,28)29)19-11-20(33-32-19)31-22(35)13(2)30-23(36)21(34)15-8-17(25)10-18(26)9-15/h3-5,7-13,21,34H,6H2,1-2H3,(H,30,36)(H2,31,32,33,35). The number of carbonyl (C=O) groups excluding carboxylic acids is 2. The van der Waals surface area contributed by atoms with Crippen LogP contribution in [-0.4, -0.2) is 33.2 Å². The van der Waals surface area contributed by atoms with Crippen LogP contribution in [0.25, 0.3) is 0 Å². The first-order chi connectivity index (χ1) is 16.8. The first-order valence-corrected chi connectivity index (χ1v) is 10.8. The molecule has 0 spiro atoms. The van der Waals surface area contributed by atoms with E-state index in [9.17, 15) is 36.6 Å². The topological polar surface area (TPSA) is 107 Å². The van der Waals surface area contributed by atoms with Gasteiger partial charge in [-0.1, -0.05) is 25.1 Å². The van der Waals surface area contributed by atoms with Gasteiger partial charge in [0.05, 0.1) is 11.3 Å². The van der Waals surface area contributed by atoms with Crippen LogP contribution in [0, 0.1) is 11.6 Å². The van der Waals surface area contributed by atoms with Crippen molar-refractivity contribution in [1.82, 2.24) is 15.5 Å². The molecule has 0 fully saturated rings. The Hall–Kier alpha value is -3.80. The van der Waals surface area contributed by atoms with Crippen LogP contribution in [0.5, 0.6) is 0 Å². The number of rotatable bonds is 8. The first-order valence-electron chi connectivity index (χ1n) is 10.8. The second-order valence-electron chi connectivity index (χ2n) is 8.33. The first kappa shape index (κ1) is 26.8. The molecule has 3 aromatic rings. The Morgan fingerprint density at radius 2 is 1.69 bits per heavy atom. The average Bonchev–Trinajstić information content (AvgIpc) is 3.26. The lowest BCUT2D eigenvalue weighted by Crippen LogP contribution is -2.43. The molecule has 192 valence electrons. The summed E-state index contributed by atoms with van der Waals surface area (Å²) >= 11 is 0. The molecule has 0 saturated heterocycles. The number of amides is 2. The van der Waals surface area contributed by atoms with Crippen molar-refractivity contribution in [2.45, 2.75) is 44.5 Å². The number of nitrogens with zero attached hydrogens (tertiary/aromatic N) is 1. The molecule has 4 N–H and O–H groups in total. The number of hydrogen-bond acceptors (Lipinski definition) is 4. The summed E-state index contributed by atoms with van der Waals surface area (Å²) in [7, 11) is 0. The molecule has 12 heteroatoms. The van der Waals surface area contributed by atoms with Gasteiger partial charge in [0.2, 0.25) is 5.91 Å². The Kier molecular flexibility index (Phi) is 8.08. The number of aliphatic hydroxyl groups is 1. The fraction of sp³-hybridized carbons (Fsp3) is 0.292. The summed E-state index contributed by atoms with van der Waals surface area (Å²) in [4.78, 5) is 24.6. The van der Waals surface area contributed by atoms with Gasteiger partial charge in [0.25, 0.3) is 5.91 Å². The average molecular weight is 510 g/mol. The number of H-pyrrole nitrogens is 1. The van der Waals surface area contributed by atoms with Crippen molar-refractivity contribution in [2.24, 2.45) is 0 Å². The van der Waals surface area contributed by atoms with Gasteiger partial charge in [0.1, 0.15) is 23.5 Å². The molecule has 2 aromatic carbocycles. The number of aromatic amines is 1. The molecule has 0 radical (unpaired) electrons. The highest BCUT2D eigenvalue weighted by molar-refractivity contribution is 5.97. The molecule has 2 amide bonds. The molecular weight excluding hydrogens is 487 g/mol. The van der Waals surface area contributed by atoms with Crippen molar-refractivity contribution >= 4 is 17.6 Å². The van der Waals surface area contributed by atoms with Gasteiger partial charge in [0, 0.05) is 18.1 Å². The van der Waals surface area contributed by atoms with Crippen molar-refractivity contribution in [1.29, 1.82) is 0 Å². The highest BCUT2D eigenvalue weighted by Gasteiger charge is 2.30. The summed E-state index contributed by atoms with van der Waals surface area (Å²) in [5.41, 5.74) is -0.0987. The molecule has 0 saturated carbocycles. The van der Waals surface area contributed by atoms with E-state index in [1.807, 2.05) is 0 Å². The Morgan fingerprint density at radius 3 is 2.33 bits per heavy atom. The molecule has 7 nitrogen and oxygen atoms in total. The molecule has 1 aromatic heterocycles. The van der Waals surface area contributed by atoms with Gasteiger partial charge in [-0.05, 0) is 42.7 Å². The number of nitrogens with one attached hydrogen (secondary N) is 3. The zero-order valence-corrected chi connectivity index (χ0v) is 19.2. The van der Waals surface area contributed by atoms with Crippen molar-refractivity contribution in [3.63, 3.8) is 0 Å². The minimum atomic E-state index is -4.45. The van der Waals surface area contributed by atoms with E-state index in [0.29, 0.717) is 17.3 Å². The maximum Gasteiger partial charge on any atom is 0.416 e. The monoisotopic (exact) mass is 510 g/mol. The molecule has 36 heavy (non-hydrogen) atoms. The molecule has 0 bridgehead atoms. The second-order valence-corrected chi connectivity index (χ2v) is 8.33. The van der Waals surface area contributed by atoms with Gasteiger partial charge in [-0.15, -0.1) is 0 Å². The third kappa shape index (κ3) is 6.87. The third-order valence-electron chi connectivity index (χ3n) is 5.36. The van der Waals surface area contributed by atoms with Crippen LogP contribution in [0.4, 0.5) is 27.8 Å². The smallest absolute Gasteiger partial charge is 0.378 e. The molecule has 0 aliphatic heterocycles. The third-order valence-corrected chi connectivity index (χ3v) is 5.36. The van der Waals surface area contributed by atoms with Crippen molar-refractivity contribution in [3.05, 3.63) is 82.5 Å². The summed E-state index contributed by atoms with van der Waals surface area (Å²) in [6, 6.07) is 7.53. The molecule has 3 unspecified atom stereocenters. The molecule has 1 heterocycles. The minimum absolute atomic E-state index is 0.180. The van der Waals surface area contributed by atoms with Crippen molar-refractivity contribution < 1.29 is 36.6 Å². The molecule has 0 aliphatic rings. The largest absolute Gasteiger partial charge is 0.416 e. The highest BCUT2D eigenvalue weighted by Crippen LogP contribution is 2.31. The van der Waals surface area contributed by atoms with E-state index in [2.05, 4.69) is 20.8 Å². The summed E-state index contributed by atoms with van der Waals surface area (Å²) in [5.74, 6) is -3.77. The van der Waals surface area contributed by atoms with Crippen LogP contribution in [0.1, 0.15) is 48.3 Å². The van der Waals surface area contributed by atoms with Crippen LogP contribution in [0.3, 0.4) is 0 Å². The lowest BCUT2D eigenvalue weighted by molar-refractivity contribution is -0.137. The van der Waals surface area contributed by atoms with E-state index in [4.69, 9.17) is 0 Å². The quantitative estimate of drug-likeness (QED) is 0.340. The number of alkyl halides is 3. The number of carbonyl (C=O) groups is 2. The van der Waals surface area contributed by atoms with E-state index >= 15 is 0 Å². The Labute approximate surface area is 202 Å². The van der Waals surface area contributed by atoms with Crippen molar-refractivity contribution in [3.8, 4) is 0 Å². The molecule has 3 rings (SSSR count). The van der Waals surface area contributed by atoms with E-state index in [0.717, 1.165) is 24.3 Å². The molecular formula is C24H23F5N4O3. The maximum absolute atomic E-state index is 13.3. The van der Waals surface area contributed by atoms with Gasteiger partial charge < -0.3 is 15.7 Å². The zero-order chi connectivity index (χ0) is 26.6. The Morgan fingerprint density at radius 1 is 1.03 bits per heavy atom. The number of aliphatic hydroxyl groups excluding tert-OH is 1. The summed E-state index contributed by atoms with van der Waals surface area (Å²) in [5, 5.41) is 21.5. The van der Waals surface area contributed by atoms with E-state index in [1.54, 1.807) is 13.0 Å². The lowest BCUT2D eigenvalue weighted by Gasteiger charge is -2.16. The predicted octanol–water partition coefficient (Wildman–Crippen LogP) is 4.23. The van der Waals surface area contributed by atoms with Gasteiger partial charge in [-0.2, -0.15) is 18.3 Å². The van der Waals surface area contributed by atoms with Crippen LogP contribution in [-0.2, 0) is 22.2 Å². The number of benzene rings is 2. The maximum atomic E-state index is 13.3. The minimum Gasteiger partial charge on any atom is -0.378 e.